The van der Waals surface area contributed by atoms with Crippen molar-refractivity contribution in [3.63, 3.8) is 0 Å². The van der Waals surface area contributed by atoms with Crippen molar-refractivity contribution in [1.29, 1.82) is 0 Å². The van der Waals surface area contributed by atoms with Gasteiger partial charge in [-0.1, -0.05) is 70.2 Å². The predicted molar refractivity (Wildman–Crippen MR) is 114 cm³/mol. The molecule has 0 unspecified atom stereocenters. The second-order valence-electron chi connectivity index (χ2n) is 8.77. The fraction of sp³-hybridized carbons (Fsp3) is 0.250. The van der Waals surface area contributed by atoms with E-state index in [4.69, 9.17) is 9.97 Å². The first kappa shape index (κ1) is 16.2. The Morgan fingerprint density at radius 2 is 1.78 bits per heavy atom. The molecule has 0 saturated heterocycles. The highest BCUT2D eigenvalue weighted by Crippen LogP contribution is 2.43. The lowest BCUT2D eigenvalue weighted by Crippen LogP contribution is -2.15. The third kappa shape index (κ3) is 2.57. The molecule has 3 nitrogen and oxygen atoms in total. The fourth-order valence-electron chi connectivity index (χ4n) is 3.96. The fourth-order valence-corrected chi connectivity index (χ4v) is 3.96. The molecule has 0 bridgehead atoms. The van der Waals surface area contributed by atoms with Crippen molar-refractivity contribution in [2.75, 3.05) is 5.32 Å². The molecule has 0 aromatic carbocycles. The summed E-state index contributed by atoms with van der Waals surface area (Å²) < 4.78 is 0. The molecule has 27 heavy (non-hydrogen) atoms. The molecule has 5 rings (SSSR count). The van der Waals surface area contributed by atoms with Crippen molar-refractivity contribution in [3.05, 3.63) is 71.2 Å². The van der Waals surface area contributed by atoms with Gasteiger partial charge in [-0.3, -0.25) is 4.98 Å². The first-order valence-electron chi connectivity index (χ1n) is 9.44. The van der Waals surface area contributed by atoms with Crippen molar-refractivity contribution in [1.82, 2.24) is 9.97 Å². The van der Waals surface area contributed by atoms with Crippen LogP contribution in [0.3, 0.4) is 0 Å². The number of hydrogen-bond acceptors (Lipinski definition) is 3. The highest BCUT2D eigenvalue weighted by Gasteiger charge is 2.27. The second kappa shape index (κ2) is 5.29. The average Bonchev–Trinajstić information content (AvgIpc) is 2.86. The smallest absolute Gasteiger partial charge is 0.141 e. The maximum atomic E-state index is 4.99. The van der Waals surface area contributed by atoms with Crippen LogP contribution in [0.25, 0.3) is 28.6 Å². The minimum Gasteiger partial charge on any atom is -0.339 e. The molecule has 0 spiro atoms. The Hall–Kier alpha value is -2.94. The molecule has 0 amide bonds. The van der Waals surface area contributed by atoms with Crippen molar-refractivity contribution in [3.8, 4) is 0 Å². The Balaban J connectivity index is 1.83. The largest absolute Gasteiger partial charge is 0.339 e. The molecule has 0 radical (unpaired) electrons. The van der Waals surface area contributed by atoms with Crippen molar-refractivity contribution in [2.45, 2.75) is 27.7 Å². The Morgan fingerprint density at radius 3 is 2.63 bits per heavy atom. The molecule has 0 fully saturated rings. The summed E-state index contributed by atoms with van der Waals surface area (Å²) in [5.74, 6) is 0.894. The molecule has 3 heterocycles. The highest BCUT2D eigenvalue weighted by molar-refractivity contribution is 6.10. The molecule has 3 heteroatoms. The maximum absolute atomic E-state index is 4.99. The van der Waals surface area contributed by atoms with Crippen LogP contribution in [0.4, 0.5) is 5.82 Å². The van der Waals surface area contributed by atoms with Crippen LogP contribution < -0.4 is 5.32 Å². The van der Waals surface area contributed by atoms with Gasteiger partial charge >= 0.3 is 0 Å². The van der Waals surface area contributed by atoms with Crippen LogP contribution in [0, 0.1) is 10.8 Å². The zero-order valence-corrected chi connectivity index (χ0v) is 16.2. The molecule has 3 aliphatic rings. The molecular weight excluding hydrogens is 330 g/mol. The Kier molecular flexibility index (Phi) is 3.18. The van der Waals surface area contributed by atoms with Gasteiger partial charge < -0.3 is 5.32 Å². The quantitative estimate of drug-likeness (QED) is 0.632. The number of nitrogens with zero attached hydrogens (tertiary/aromatic N) is 2. The lowest BCUT2D eigenvalue weighted by atomic mass is 9.89. The van der Waals surface area contributed by atoms with Crippen LogP contribution in [-0.2, 0) is 0 Å². The summed E-state index contributed by atoms with van der Waals surface area (Å²) in [6.45, 7) is 8.83. The van der Waals surface area contributed by atoms with E-state index in [2.05, 4.69) is 87.7 Å². The van der Waals surface area contributed by atoms with Crippen LogP contribution >= 0.6 is 0 Å². The average molecular weight is 353 g/mol. The van der Waals surface area contributed by atoms with Crippen LogP contribution in [-0.4, -0.2) is 9.97 Å². The molecule has 0 atom stereocenters. The summed E-state index contributed by atoms with van der Waals surface area (Å²) >= 11 is 0. The third-order valence-electron chi connectivity index (χ3n) is 5.44. The number of nitrogens with one attached hydrogen (secondary N) is 1. The summed E-state index contributed by atoms with van der Waals surface area (Å²) in [6.07, 6.45) is 19.5. The van der Waals surface area contributed by atoms with Gasteiger partial charge in [0, 0.05) is 33.9 Å². The van der Waals surface area contributed by atoms with Gasteiger partial charge in [-0.15, -0.1) is 0 Å². The summed E-state index contributed by atoms with van der Waals surface area (Å²) in [5, 5.41) is 4.70. The lowest BCUT2D eigenvalue weighted by Gasteiger charge is -2.26. The molecular formula is C24H23N3. The van der Waals surface area contributed by atoms with E-state index in [1.54, 1.807) is 0 Å². The van der Waals surface area contributed by atoms with E-state index in [0.29, 0.717) is 0 Å². The van der Waals surface area contributed by atoms with Crippen molar-refractivity contribution < 1.29 is 0 Å². The molecule has 2 aliphatic carbocycles. The Morgan fingerprint density at radius 1 is 0.963 bits per heavy atom. The molecule has 0 saturated carbocycles. The molecule has 2 aromatic rings. The number of hydrogen-bond donors (Lipinski definition) is 1. The number of anilines is 1. The van der Waals surface area contributed by atoms with Gasteiger partial charge in [-0.2, -0.15) is 0 Å². The van der Waals surface area contributed by atoms with Gasteiger partial charge in [0.05, 0.1) is 16.6 Å². The normalized spacial score (nSPS) is 20.7. The Bertz CT molecular complexity index is 1140. The number of pyridine rings is 2. The minimum atomic E-state index is -0.0113. The molecule has 134 valence electrons. The van der Waals surface area contributed by atoms with E-state index in [-0.39, 0.29) is 10.8 Å². The summed E-state index contributed by atoms with van der Waals surface area (Å²) in [6, 6.07) is 2.10. The number of allylic oxidation sites excluding steroid dienone is 7. The van der Waals surface area contributed by atoms with Gasteiger partial charge in [-0.05, 0) is 17.7 Å². The van der Waals surface area contributed by atoms with Crippen LogP contribution in [0.2, 0.25) is 0 Å². The second-order valence-corrected chi connectivity index (χ2v) is 8.77. The summed E-state index contributed by atoms with van der Waals surface area (Å²) in [7, 11) is 0. The van der Waals surface area contributed by atoms with Crippen LogP contribution in [0.5, 0.6) is 0 Å². The third-order valence-corrected chi connectivity index (χ3v) is 5.44. The minimum absolute atomic E-state index is 0.00415. The number of rotatable bonds is 0. The predicted octanol–water partition coefficient (Wildman–Crippen LogP) is 5.98. The summed E-state index contributed by atoms with van der Waals surface area (Å²) in [4.78, 5) is 9.74. The SMILES string of the molecule is CC1(C)C=Cc2nc3c4c(ccnc4c2C=C1)C1=CC=CC(C)(C)C=C1N3. The van der Waals surface area contributed by atoms with E-state index in [0.717, 1.165) is 33.7 Å². The van der Waals surface area contributed by atoms with Gasteiger partial charge in [0.25, 0.3) is 0 Å². The van der Waals surface area contributed by atoms with E-state index < -0.39 is 0 Å². The zero-order chi connectivity index (χ0) is 18.8. The molecule has 1 N–H and O–H groups in total. The zero-order valence-electron chi connectivity index (χ0n) is 16.2. The van der Waals surface area contributed by atoms with Crippen molar-refractivity contribution in [2.24, 2.45) is 10.8 Å². The van der Waals surface area contributed by atoms with E-state index in [1.165, 1.54) is 11.1 Å². The standard InChI is InChI=1S/C24H23N3/c1-23(2)11-7-17-18(8-12-23)26-22-20-16(9-13-25-21(17)20)15-6-5-10-24(3,4)14-19(15)27-22/h5-14H,1-4H3,(H,26,27). The first-order chi connectivity index (χ1) is 12.8. The highest BCUT2D eigenvalue weighted by atomic mass is 15.0. The lowest BCUT2D eigenvalue weighted by molar-refractivity contribution is 0.624. The molecule has 1 aliphatic heterocycles. The van der Waals surface area contributed by atoms with Gasteiger partial charge in [-0.25, -0.2) is 4.98 Å². The van der Waals surface area contributed by atoms with E-state index in [1.807, 2.05) is 6.20 Å². The van der Waals surface area contributed by atoms with E-state index in [9.17, 15) is 0 Å². The first-order valence-corrected chi connectivity index (χ1v) is 9.44. The van der Waals surface area contributed by atoms with Gasteiger partial charge in [0.1, 0.15) is 5.82 Å². The Labute approximate surface area is 159 Å². The van der Waals surface area contributed by atoms with Gasteiger partial charge in [0.2, 0.25) is 0 Å². The molecule has 2 aromatic heterocycles. The number of fused-ring (bicyclic) bond motifs is 4. The topological polar surface area (TPSA) is 37.8 Å². The maximum Gasteiger partial charge on any atom is 0.141 e. The van der Waals surface area contributed by atoms with Crippen molar-refractivity contribution >= 4 is 34.4 Å². The monoisotopic (exact) mass is 353 g/mol. The van der Waals surface area contributed by atoms with Crippen LogP contribution in [0.15, 0.2) is 54.4 Å². The number of aromatic nitrogens is 2. The van der Waals surface area contributed by atoms with E-state index >= 15 is 0 Å². The van der Waals surface area contributed by atoms with Crippen LogP contribution in [0.1, 0.15) is 44.5 Å². The van der Waals surface area contributed by atoms with Gasteiger partial charge in [0.15, 0.2) is 0 Å². The summed E-state index contributed by atoms with van der Waals surface area (Å²) in [5.41, 5.74) is 6.57.